The van der Waals surface area contributed by atoms with Gasteiger partial charge in [0.05, 0.1) is 6.10 Å². The summed E-state index contributed by atoms with van der Waals surface area (Å²) in [7, 11) is 0. The van der Waals surface area contributed by atoms with Crippen LogP contribution < -0.4 is 0 Å². The van der Waals surface area contributed by atoms with Crippen molar-refractivity contribution in [2.75, 3.05) is 19.6 Å². The Hall–Kier alpha value is -1.26. The lowest BCUT2D eigenvalue weighted by atomic mass is 9.90. The Labute approximate surface area is 100 Å². The summed E-state index contributed by atoms with van der Waals surface area (Å²) in [5, 5.41) is 13.2. The standard InChI is InChI=1S/C11H18N4O2/c12-14-13-6-11(17)15-4-3-10(16)9(7-15)5-8-1-2-8/h8-10,16H,1-7H2/t9-,10+/m1/s1. The third-order valence-corrected chi connectivity index (χ3v) is 3.65. The van der Waals surface area contributed by atoms with Crippen molar-refractivity contribution in [3.05, 3.63) is 10.4 Å². The lowest BCUT2D eigenvalue weighted by molar-refractivity contribution is -0.133. The van der Waals surface area contributed by atoms with E-state index in [0.29, 0.717) is 19.5 Å². The van der Waals surface area contributed by atoms with Crippen LogP contribution in [-0.4, -0.2) is 41.7 Å². The van der Waals surface area contributed by atoms with Crippen molar-refractivity contribution in [1.29, 1.82) is 0 Å². The minimum atomic E-state index is -0.279. The van der Waals surface area contributed by atoms with E-state index in [1.165, 1.54) is 12.8 Å². The van der Waals surface area contributed by atoms with Gasteiger partial charge >= 0.3 is 0 Å². The Morgan fingerprint density at radius 3 is 2.88 bits per heavy atom. The first-order chi connectivity index (χ1) is 8.20. The van der Waals surface area contributed by atoms with Crippen LogP contribution in [0.1, 0.15) is 25.7 Å². The predicted molar refractivity (Wildman–Crippen MR) is 62.0 cm³/mol. The Morgan fingerprint density at radius 2 is 2.24 bits per heavy atom. The average molecular weight is 238 g/mol. The van der Waals surface area contributed by atoms with Crippen molar-refractivity contribution < 1.29 is 9.90 Å². The Bertz CT molecular complexity index is 336. The number of hydrogen-bond acceptors (Lipinski definition) is 3. The van der Waals surface area contributed by atoms with Crippen LogP contribution in [-0.2, 0) is 4.79 Å². The summed E-state index contributed by atoms with van der Waals surface area (Å²) in [5.41, 5.74) is 8.18. The van der Waals surface area contributed by atoms with Crippen LogP contribution >= 0.6 is 0 Å². The fraction of sp³-hybridized carbons (Fsp3) is 0.909. The molecule has 1 aliphatic heterocycles. The molecule has 1 saturated heterocycles. The number of likely N-dealkylation sites (tertiary alicyclic amines) is 1. The lowest BCUT2D eigenvalue weighted by Gasteiger charge is -2.36. The third-order valence-electron chi connectivity index (χ3n) is 3.65. The topological polar surface area (TPSA) is 89.3 Å². The number of rotatable bonds is 4. The molecule has 0 spiro atoms. The van der Waals surface area contributed by atoms with Crippen molar-refractivity contribution >= 4 is 5.91 Å². The summed E-state index contributed by atoms with van der Waals surface area (Å²) in [4.78, 5) is 16.0. The normalized spacial score (nSPS) is 28.6. The van der Waals surface area contributed by atoms with Crippen LogP contribution in [0.5, 0.6) is 0 Å². The zero-order chi connectivity index (χ0) is 12.3. The monoisotopic (exact) mass is 238 g/mol. The molecule has 17 heavy (non-hydrogen) atoms. The van der Waals surface area contributed by atoms with Gasteiger partial charge < -0.3 is 10.0 Å². The van der Waals surface area contributed by atoms with Gasteiger partial charge in [0.2, 0.25) is 5.91 Å². The molecule has 6 nitrogen and oxygen atoms in total. The van der Waals surface area contributed by atoms with E-state index in [-0.39, 0.29) is 24.5 Å². The molecular weight excluding hydrogens is 220 g/mol. The number of amides is 1. The van der Waals surface area contributed by atoms with Crippen LogP contribution in [0.2, 0.25) is 0 Å². The summed E-state index contributed by atoms with van der Waals surface area (Å²) < 4.78 is 0. The molecule has 2 aliphatic rings. The van der Waals surface area contributed by atoms with Crippen molar-refractivity contribution in [2.45, 2.75) is 31.8 Å². The van der Waals surface area contributed by atoms with Gasteiger partial charge in [-0.25, -0.2) is 0 Å². The number of carbonyl (C=O) groups excluding carboxylic acids is 1. The highest BCUT2D eigenvalue weighted by molar-refractivity contribution is 5.78. The maximum Gasteiger partial charge on any atom is 0.228 e. The maximum absolute atomic E-state index is 11.7. The first kappa shape index (κ1) is 12.2. The Balaban J connectivity index is 1.86. The van der Waals surface area contributed by atoms with E-state index in [1.54, 1.807) is 4.90 Å². The third kappa shape index (κ3) is 3.35. The Kier molecular flexibility index (Phi) is 3.86. The number of nitrogens with zero attached hydrogens (tertiary/aromatic N) is 4. The molecule has 2 rings (SSSR count). The minimum Gasteiger partial charge on any atom is -0.393 e. The van der Waals surface area contributed by atoms with E-state index in [2.05, 4.69) is 10.0 Å². The van der Waals surface area contributed by atoms with Crippen molar-refractivity contribution in [3.63, 3.8) is 0 Å². The summed E-state index contributed by atoms with van der Waals surface area (Å²) >= 11 is 0. The molecule has 94 valence electrons. The van der Waals surface area contributed by atoms with Crippen LogP contribution in [0.4, 0.5) is 0 Å². The van der Waals surface area contributed by atoms with Gasteiger partial charge in [-0.15, -0.1) is 0 Å². The quantitative estimate of drug-likeness (QED) is 0.454. The summed E-state index contributed by atoms with van der Waals surface area (Å²) in [5.74, 6) is 0.823. The number of piperidine rings is 1. The molecule has 1 amide bonds. The van der Waals surface area contributed by atoms with Gasteiger partial charge in [-0.05, 0) is 24.3 Å². The molecule has 1 saturated carbocycles. The number of azide groups is 1. The first-order valence-electron chi connectivity index (χ1n) is 6.17. The van der Waals surface area contributed by atoms with Gasteiger partial charge in [0.15, 0.2) is 0 Å². The molecule has 0 radical (unpaired) electrons. The molecular formula is C11H18N4O2. The van der Waals surface area contributed by atoms with Crippen LogP contribution in [0, 0.1) is 11.8 Å². The van der Waals surface area contributed by atoms with Gasteiger partial charge in [0.25, 0.3) is 0 Å². The molecule has 0 aromatic carbocycles. The maximum atomic E-state index is 11.7. The van der Waals surface area contributed by atoms with E-state index in [4.69, 9.17) is 5.53 Å². The largest absolute Gasteiger partial charge is 0.393 e. The zero-order valence-electron chi connectivity index (χ0n) is 9.83. The van der Waals surface area contributed by atoms with E-state index < -0.39 is 0 Å². The second-order valence-corrected chi connectivity index (χ2v) is 5.02. The van der Waals surface area contributed by atoms with Crippen LogP contribution in [0.15, 0.2) is 5.11 Å². The minimum absolute atomic E-state index is 0.108. The van der Waals surface area contributed by atoms with Gasteiger partial charge in [-0.2, -0.15) is 0 Å². The van der Waals surface area contributed by atoms with E-state index in [9.17, 15) is 9.90 Å². The predicted octanol–water partition coefficient (Wildman–Crippen LogP) is 1.31. The fourth-order valence-corrected chi connectivity index (χ4v) is 2.45. The molecule has 1 heterocycles. The van der Waals surface area contributed by atoms with Gasteiger partial charge in [0.1, 0.15) is 6.54 Å². The van der Waals surface area contributed by atoms with Crippen molar-refractivity contribution in [3.8, 4) is 0 Å². The van der Waals surface area contributed by atoms with Gasteiger partial charge in [0, 0.05) is 23.9 Å². The second kappa shape index (κ2) is 5.38. The first-order valence-corrected chi connectivity index (χ1v) is 6.17. The van der Waals surface area contributed by atoms with Gasteiger partial charge in [-0.1, -0.05) is 18.0 Å². The molecule has 6 heteroatoms. The highest BCUT2D eigenvalue weighted by Gasteiger charge is 2.34. The molecule has 0 aromatic heterocycles. The molecule has 0 aromatic rings. The zero-order valence-corrected chi connectivity index (χ0v) is 9.83. The highest BCUT2D eigenvalue weighted by Crippen LogP contribution is 2.37. The second-order valence-electron chi connectivity index (χ2n) is 5.02. The summed E-state index contributed by atoms with van der Waals surface area (Å²) in [6, 6.07) is 0. The van der Waals surface area contributed by atoms with E-state index in [1.807, 2.05) is 0 Å². The molecule has 1 aliphatic carbocycles. The highest BCUT2D eigenvalue weighted by atomic mass is 16.3. The molecule has 2 atom stereocenters. The molecule has 0 unspecified atom stereocenters. The molecule has 2 fully saturated rings. The molecule has 1 N–H and O–H groups in total. The number of carbonyl (C=O) groups is 1. The van der Waals surface area contributed by atoms with Crippen molar-refractivity contribution in [2.24, 2.45) is 17.0 Å². The summed E-state index contributed by atoms with van der Waals surface area (Å²) in [6.45, 7) is 1.07. The van der Waals surface area contributed by atoms with Crippen molar-refractivity contribution in [1.82, 2.24) is 4.90 Å². The summed E-state index contributed by atoms with van der Waals surface area (Å²) in [6.07, 6.45) is 3.90. The number of aliphatic hydroxyl groups is 1. The van der Waals surface area contributed by atoms with E-state index >= 15 is 0 Å². The Morgan fingerprint density at radius 1 is 1.47 bits per heavy atom. The average Bonchev–Trinajstić information content (AvgIpc) is 3.13. The number of aliphatic hydroxyl groups excluding tert-OH is 1. The smallest absolute Gasteiger partial charge is 0.228 e. The van der Waals surface area contributed by atoms with Gasteiger partial charge in [-0.3, -0.25) is 4.79 Å². The number of hydrogen-bond donors (Lipinski definition) is 1. The fourth-order valence-electron chi connectivity index (χ4n) is 2.45. The van der Waals surface area contributed by atoms with Crippen LogP contribution in [0.25, 0.3) is 10.4 Å². The lowest BCUT2D eigenvalue weighted by Crippen LogP contribution is -2.46. The van der Waals surface area contributed by atoms with E-state index in [0.717, 1.165) is 12.3 Å². The molecule has 0 bridgehead atoms. The SMILES string of the molecule is [N-]=[N+]=NCC(=O)N1CC[C@H](O)[C@H](CC2CC2)C1. The van der Waals surface area contributed by atoms with Crippen LogP contribution in [0.3, 0.4) is 0 Å².